The van der Waals surface area contributed by atoms with Crippen LogP contribution in [-0.2, 0) is 16.0 Å². The lowest BCUT2D eigenvalue weighted by Gasteiger charge is -2.25. The third-order valence-corrected chi connectivity index (χ3v) is 5.21. The van der Waals surface area contributed by atoms with Gasteiger partial charge in [-0.15, -0.1) is 11.3 Å². The Morgan fingerprint density at radius 2 is 2.23 bits per heavy atom. The van der Waals surface area contributed by atoms with Crippen molar-refractivity contribution < 1.29 is 19.1 Å². The van der Waals surface area contributed by atoms with Gasteiger partial charge >= 0.3 is 5.97 Å². The third kappa shape index (κ3) is 4.22. The predicted molar refractivity (Wildman–Crippen MR) is 100.0 cm³/mol. The van der Waals surface area contributed by atoms with E-state index in [1.807, 2.05) is 6.07 Å². The minimum Gasteiger partial charge on any atom is -0.497 e. The van der Waals surface area contributed by atoms with Crippen molar-refractivity contribution in [1.29, 1.82) is 0 Å². The SMILES string of the molecule is CCOC(=O)c1csc(NC(=O)C[C@@H]2CCCc3cc(OC)ccc32)n1. The van der Waals surface area contributed by atoms with Crippen LogP contribution in [0.2, 0.25) is 0 Å². The van der Waals surface area contributed by atoms with E-state index < -0.39 is 5.97 Å². The monoisotopic (exact) mass is 374 g/mol. The minimum atomic E-state index is -0.473. The average Bonchev–Trinajstić information content (AvgIpc) is 3.10. The molecule has 0 bridgehead atoms. The molecule has 1 amide bonds. The molecule has 0 saturated heterocycles. The zero-order valence-corrected chi connectivity index (χ0v) is 15.7. The van der Waals surface area contributed by atoms with Crippen molar-refractivity contribution in [1.82, 2.24) is 4.98 Å². The molecule has 138 valence electrons. The molecule has 3 rings (SSSR count). The van der Waals surface area contributed by atoms with Crippen LogP contribution >= 0.6 is 11.3 Å². The number of benzene rings is 1. The molecular formula is C19H22N2O4S. The Labute approximate surface area is 156 Å². The summed E-state index contributed by atoms with van der Waals surface area (Å²) in [5.41, 5.74) is 2.70. The van der Waals surface area contributed by atoms with Gasteiger partial charge in [0.1, 0.15) is 5.75 Å². The fraction of sp³-hybridized carbons (Fsp3) is 0.421. The number of aromatic nitrogens is 1. The molecule has 2 aromatic rings. The summed E-state index contributed by atoms with van der Waals surface area (Å²) in [4.78, 5) is 28.2. The van der Waals surface area contributed by atoms with Crippen LogP contribution in [0.1, 0.15) is 53.7 Å². The van der Waals surface area contributed by atoms with Crippen molar-refractivity contribution in [3.63, 3.8) is 0 Å². The second-order valence-corrected chi connectivity index (χ2v) is 7.02. The van der Waals surface area contributed by atoms with Gasteiger partial charge in [-0.3, -0.25) is 4.79 Å². The molecule has 1 atom stereocenters. The number of thiazole rings is 1. The summed E-state index contributed by atoms with van der Waals surface area (Å²) in [5, 5.41) is 4.81. The number of nitrogens with zero attached hydrogens (tertiary/aromatic N) is 1. The smallest absolute Gasteiger partial charge is 0.357 e. The Morgan fingerprint density at radius 1 is 1.38 bits per heavy atom. The first-order valence-corrected chi connectivity index (χ1v) is 9.58. The van der Waals surface area contributed by atoms with E-state index in [1.54, 1.807) is 19.4 Å². The van der Waals surface area contributed by atoms with Crippen LogP contribution in [0.15, 0.2) is 23.6 Å². The van der Waals surface area contributed by atoms with Gasteiger partial charge in [0.25, 0.3) is 0 Å². The summed E-state index contributed by atoms with van der Waals surface area (Å²) in [6.45, 7) is 2.04. The number of rotatable bonds is 6. The number of carbonyl (C=O) groups is 2. The number of carbonyl (C=O) groups excluding carboxylic acids is 2. The van der Waals surface area contributed by atoms with E-state index in [0.717, 1.165) is 25.0 Å². The third-order valence-electron chi connectivity index (χ3n) is 4.46. The first-order valence-electron chi connectivity index (χ1n) is 8.70. The molecule has 0 aliphatic heterocycles. The van der Waals surface area contributed by atoms with Crippen LogP contribution in [-0.4, -0.2) is 30.6 Å². The molecule has 0 spiro atoms. The van der Waals surface area contributed by atoms with Gasteiger partial charge in [-0.2, -0.15) is 0 Å². The molecule has 26 heavy (non-hydrogen) atoms. The van der Waals surface area contributed by atoms with Gasteiger partial charge in [0, 0.05) is 11.8 Å². The average molecular weight is 374 g/mol. The summed E-state index contributed by atoms with van der Waals surface area (Å²) in [7, 11) is 1.66. The molecular weight excluding hydrogens is 352 g/mol. The molecule has 0 radical (unpaired) electrons. The highest BCUT2D eigenvalue weighted by molar-refractivity contribution is 7.14. The molecule has 1 aromatic heterocycles. The normalized spacial score (nSPS) is 15.8. The van der Waals surface area contributed by atoms with Gasteiger partial charge in [0.05, 0.1) is 13.7 Å². The molecule has 0 unspecified atom stereocenters. The number of hydrogen-bond acceptors (Lipinski definition) is 6. The van der Waals surface area contributed by atoms with E-state index in [2.05, 4.69) is 22.4 Å². The Kier molecular flexibility index (Phi) is 5.88. The fourth-order valence-corrected chi connectivity index (χ4v) is 3.95. The lowest BCUT2D eigenvalue weighted by atomic mass is 9.81. The van der Waals surface area contributed by atoms with Crippen LogP contribution in [0.5, 0.6) is 5.75 Å². The molecule has 0 saturated carbocycles. The maximum Gasteiger partial charge on any atom is 0.357 e. The second kappa shape index (κ2) is 8.31. The number of aryl methyl sites for hydroxylation is 1. The molecule has 1 heterocycles. The van der Waals surface area contributed by atoms with Crippen molar-refractivity contribution >= 4 is 28.3 Å². The lowest BCUT2D eigenvalue weighted by Crippen LogP contribution is -2.19. The van der Waals surface area contributed by atoms with Crippen molar-refractivity contribution in [3.8, 4) is 5.75 Å². The maximum atomic E-state index is 12.4. The largest absolute Gasteiger partial charge is 0.497 e. The molecule has 7 heteroatoms. The van der Waals surface area contributed by atoms with Gasteiger partial charge in [0.15, 0.2) is 10.8 Å². The number of fused-ring (bicyclic) bond motifs is 1. The standard InChI is InChI=1S/C19H22N2O4S/c1-3-25-18(23)16-11-26-19(20-16)21-17(22)10-13-6-4-5-12-9-14(24-2)7-8-15(12)13/h7-9,11,13H,3-6,10H2,1-2H3,(H,20,21,22)/t13-/m0/s1. The second-order valence-electron chi connectivity index (χ2n) is 6.16. The maximum absolute atomic E-state index is 12.4. The van der Waals surface area contributed by atoms with Crippen molar-refractivity contribution in [2.75, 3.05) is 19.0 Å². The Morgan fingerprint density at radius 3 is 3.00 bits per heavy atom. The van der Waals surface area contributed by atoms with Crippen LogP contribution in [0.25, 0.3) is 0 Å². The van der Waals surface area contributed by atoms with E-state index in [0.29, 0.717) is 18.2 Å². The van der Waals surface area contributed by atoms with E-state index in [4.69, 9.17) is 9.47 Å². The molecule has 1 N–H and O–H groups in total. The van der Waals surface area contributed by atoms with Gasteiger partial charge in [-0.25, -0.2) is 9.78 Å². The number of methoxy groups -OCH3 is 1. The number of nitrogens with one attached hydrogen (secondary N) is 1. The zero-order chi connectivity index (χ0) is 18.5. The number of hydrogen-bond donors (Lipinski definition) is 1. The van der Waals surface area contributed by atoms with Crippen molar-refractivity contribution in [2.45, 2.75) is 38.5 Å². The fourth-order valence-electron chi connectivity index (χ4n) is 3.25. The van der Waals surface area contributed by atoms with Crippen molar-refractivity contribution in [3.05, 3.63) is 40.4 Å². The summed E-state index contributed by atoms with van der Waals surface area (Å²) < 4.78 is 10.2. The van der Waals surface area contributed by atoms with Gasteiger partial charge in [-0.1, -0.05) is 6.07 Å². The summed E-state index contributed by atoms with van der Waals surface area (Å²) in [6.07, 6.45) is 3.45. The van der Waals surface area contributed by atoms with Crippen LogP contribution < -0.4 is 10.1 Å². The summed E-state index contributed by atoms with van der Waals surface area (Å²) in [6, 6.07) is 6.07. The lowest BCUT2D eigenvalue weighted by molar-refractivity contribution is -0.116. The van der Waals surface area contributed by atoms with Gasteiger partial charge < -0.3 is 14.8 Å². The van der Waals surface area contributed by atoms with Crippen molar-refractivity contribution in [2.24, 2.45) is 0 Å². The summed E-state index contributed by atoms with van der Waals surface area (Å²) >= 11 is 1.22. The van der Waals surface area contributed by atoms with Crippen LogP contribution in [0, 0.1) is 0 Å². The molecule has 6 nitrogen and oxygen atoms in total. The quantitative estimate of drug-likeness (QED) is 0.779. The summed E-state index contributed by atoms with van der Waals surface area (Å²) in [5.74, 6) is 0.472. The number of amides is 1. The number of ether oxygens (including phenoxy) is 2. The van der Waals surface area contributed by atoms with Gasteiger partial charge in [-0.05, 0) is 55.4 Å². The first kappa shape index (κ1) is 18.4. The highest BCUT2D eigenvalue weighted by Gasteiger charge is 2.23. The molecule has 1 aromatic carbocycles. The highest BCUT2D eigenvalue weighted by Crippen LogP contribution is 2.36. The molecule has 1 aliphatic rings. The van der Waals surface area contributed by atoms with E-state index in [9.17, 15) is 9.59 Å². The van der Waals surface area contributed by atoms with E-state index in [-0.39, 0.29) is 17.5 Å². The Hall–Kier alpha value is -2.41. The van der Waals surface area contributed by atoms with E-state index >= 15 is 0 Å². The predicted octanol–water partition coefficient (Wildman–Crippen LogP) is 3.78. The molecule has 1 aliphatic carbocycles. The molecule has 0 fully saturated rings. The Balaban J connectivity index is 1.63. The number of anilines is 1. The van der Waals surface area contributed by atoms with Crippen LogP contribution in [0.3, 0.4) is 0 Å². The van der Waals surface area contributed by atoms with Gasteiger partial charge in [0.2, 0.25) is 5.91 Å². The van der Waals surface area contributed by atoms with E-state index in [1.165, 1.54) is 22.5 Å². The first-order chi connectivity index (χ1) is 12.6. The zero-order valence-electron chi connectivity index (χ0n) is 14.9. The Bertz CT molecular complexity index is 803. The number of esters is 1. The highest BCUT2D eigenvalue weighted by atomic mass is 32.1. The van der Waals surface area contributed by atoms with Crippen LogP contribution in [0.4, 0.5) is 5.13 Å². The minimum absolute atomic E-state index is 0.0940. The topological polar surface area (TPSA) is 77.5 Å².